The lowest BCUT2D eigenvalue weighted by Crippen LogP contribution is -2.52. The standard InChI is InChI=1S/C47H54FN9O5/c48-40-13-9-31(24-41-37-6-1-2-7-38(37)45(59)55-54-41)23-39(40)46(60)57-20-18-56(19-21-57)43(58)29-51-17-16-50-27-34-14-15-49-26-33(34)10-8-30-4-3-5-32(22-30)35-25-42(53-36-11-12-36)44(47(61)62)52-28-35/h1-7,9,13,22-23,25,28,33-34,36,49-51,53H,8,10-12,14-21,24,26-27,29H2,(H,55,59)(H,61,62). The van der Waals surface area contributed by atoms with Crippen molar-refractivity contribution in [2.24, 2.45) is 11.8 Å². The number of carboxylic acids is 1. The Morgan fingerprint density at radius 2 is 1.63 bits per heavy atom. The van der Waals surface area contributed by atoms with E-state index in [1.165, 1.54) is 11.6 Å². The number of nitrogens with zero attached hydrogens (tertiary/aromatic N) is 4. The molecule has 3 aromatic carbocycles. The first-order valence-corrected chi connectivity index (χ1v) is 21.7. The van der Waals surface area contributed by atoms with Crippen molar-refractivity contribution in [3.05, 3.63) is 123 Å². The van der Waals surface area contributed by atoms with Gasteiger partial charge in [-0.25, -0.2) is 19.3 Å². The van der Waals surface area contributed by atoms with Crippen molar-refractivity contribution in [3.8, 4) is 11.1 Å². The van der Waals surface area contributed by atoms with Gasteiger partial charge in [0.1, 0.15) is 5.82 Å². The van der Waals surface area contributed by atoms with E-state index in [-0.39, 0.29) is 29.3 Å². The highest BCUT2D eigenvalue weighted by molar-refractivity contribution is 5.95. The number of anilines is 1. The second-order valence-corrected chi connectivity index (χ2v) is 16.7. The zero-order valence-electron chi connectivity index (χ0n) is 34.8. The first kappa shape index (κ1) is 42.7. The van der Waals surface area contributed by atoms with Crippen LogP contribution < -0.4 is 26.8 Å². The summed E-state index contributed by atoms with van der Waals surface area (Å²) in [6, 6.07) is 22.3. The molecule has 0 bridgehead atoms. The summed E-state index contributed by atoms with van der Waals surface area (Å²) in [4.78, 5) is 58.1. The van der Waals surface area contributed by atoms with E-state index in [2.05, 4.69) is 54.6 Å². The molecule has 2 amide bonds. The molecule has 62 heavy (non-hydrogen) atoms. The molecule has 8 rings (SSSR count). The molecule has 4 heterocycles. The highest BCUT2D eigenvalue weighted by Gasteiger charge is 2.28. The first-order chi connectivity index (χ1) is 30.2. The van der Waals surface area contributed by atoms with Crippen LogP contribution in [-0.2, 0) is 17.6 Å². The third-order valence-corrected chi connectivity index (χ3v) is 12.3. The van der Waals surface area contributed by atoms with Gasteiger partial charge in [0.05, 0.1) is 28.9 Å². The Balaban J connectivity index is 0.748. The monoisotopic (exact) mass is 843 g/mol. The van der Waals surface area contributed by atoms with Crippen molar-refractivity contribution in [1.82, 2.24) is 40.9 Å². The van der Waals surface area contributed by atoms with Gasteiger partial charge in [-0.1, -0.05) is 48.5 Å². The Hall–Kier alpha value is -6.03. The van der Waals surface area contributed by atoms with E-state index in [9.17, 15) is 28.7 Å². The number of carbonyl (C=O) groups excluding carboxylic acids is 2. The molecule has 2 aliphatic heterocycles. The number of piperidine rings is 1. The number of fused-ring (bicyclic) bond motifs is 1. The molecule has 2 saturated heterocycles. The number of aromatic nitrogens is 3. The molecule has 0 radical (unpaired) electrons. The minimum Gasteiger partial charge on any atom is -0.476 e. The van der Waals surface area contributed by atoms with Crippen molar-refractivity contribution in [1.29, 1.82) is 0 Å². The van der Waals surface area contributed by atoms with E-state index < -0.39 is 17.7 Å². The van der Waals surface area contributed by atoms with Gasteiger partial charge in [-0.15, -0.1) is 0 Å². The molecule has 0 spiro atoms. The molecular weight excluding hydrogens is 790 g/mol. The molecule has 324 valence electrons. The number of amides is 2. The summed E-state index contributed by atoms with van der Waals surface area (Å²) in [5.41, 5.74) is 4.81. The zero-order valence-corrected chi connectivity index (χ0v) is 34.8. The second-order valence-electron chi connectivity index (χ2n) is 16.7. The number of benzene rings is 3. The van der Waals surface area contributed by atoms with Crippen molar-refractivity contribution in [2.45, 2.75) is 44.6 Å². The predicted molar refractivity (Wildman–Crippen MR) is 236 cm³/mol. The highest BCUT2D eigenvalue weighted by Crippen LogP contribution is 2.31. The van der Waals surface area contributed by atoms with Crippen LogP contribution in [0.5, 0.6) is 0 Å². The van der Waals surface area contributed by atoms with E-state index >= 15 is 0 Å². The average Bonchev–Trinajstić information content (AvgIpc) is 4.12. The fraction of sp³-hybridized carbons (Fsp3) is 0.404. The fourth-order valence-electron chi connectivity index (χ4n) is 8.64. The molecule has 3 fully saturated rings. The number of piperazine rings is 1. The Bertz CT molecular complexity index is 2470. The number of hydrogen-bond acceptors (Lipinski definition) is 10. The summed E-state index contributed by atoms with van der Waals surface area (Å²) in [7, 11) is 0. The Morgan fingerprint density at radius 1 is 0.839 bits per heavy atom. The van der Waals surface area contributed by atoms with Gasteiger partial charge in [0.2, 0.25) is 5.91 Å². The molecular formula is C47H54FN9O5. The van der Waals surface area contributed by atoms with Crippen molar-refractivity contribution < 1.29 is 23.9 Å². The van der Waals surface area contributed by atoms with Gasteiger partial charge in [-0.3, -0.25) is 14.4 Å². The summed E-state index contributed by atoms with van der Waals surface area (Å²) >= 11 is 0. The van der Waals surface area contributed by atoms with Crippen LogP contribution in [0.3, 0.4) is 0 Å². The third-order valence-electron chi connectivity index (χ3n) is 12.3. The summed E-state index contributed by atoms with van der Waals surface area (Å²) < 4.78 is 15.0. The maximum atomic E-state index is 15.0. The van der Waals surface area contributed by atoms with Gasteiger partial charge in [0.15, 0.2) is 5.69 Å². The highest BCUT2D eigenvalue weighted by atomic mass is 19.1. The summed E-state index contributed by atoms with van der Waals surface area (Å²) in [6.45, 7) is 5.82. The summed E-state index contributed by atoms with van der Waals surface area (Å²) in [5, 5.41) is 31.4. The molecule has 6 N–H and O–H groups in total. The van der Waals surface area contributed by atoms with E-state index in [4.69, 9.17) is 0 Å². The van der Waals surface area contributed by atoms with Gasteiger partial charge in [0.25, 0.3) is 11.5 Å². The normalized spacial score (nSPS) is 17.9. The lowest BCUT2D eigenvalue weighted by molar-refractivity contribution is -0.131. The van der Waals surface area contributed by atoms with Gasteiger partial charge in [0, 0.05) is 68.9 Å². The number of carboxylic acid groups (broad SMARTS) is 1. The van der Waals surface area contributed by atoms with E-state index in [1.807, 2.05) is 24.3 Å². The van der Waals surface area contributed by atoms with E-state index in [0.717, 1.165) is 69.4 Å². The molecule has 1 aliphatic carbocycles. The number of carbonyl (C=O) groups is 3. The van der Waals surface area contributed by atoms with Crippen molar-refractivity contribution in [3.63, 3.8) is 0 Å². The lowest BCUT2D eigenvalue weighted by atomic mass is 9.82. The van der Waals surface area contributed by atoms with Crippen LogP contribution >= 0.6 is 0 Å². The Kier molecular flexibility index (Phi) is 13.6. The number of nitrogens with one attached hydrogen (secondary N) is 5. The SMILES string of the molecule is O=C(O)c1ncc(-c2cccc(CCC3CNCCC3CNCCNCC(=O)N3CCN(C(=O)c4cc(Cc5n[nH]c(=O)c6ccccc56)ccc4F)CC3)c2)cc1NC1CC1. The van der Waals surface area contributed by atoms with Crippen LogP contribution in [0.15, 0.2) is 83.8 Å². The second kappa shape index (κ2) is 19.8. The van der Waals surface area contributed by atoms with Crippen LogP contribution in [0.2, 0.25) is 0 Å². The Labute approximate surface area is 359 Å². The number of rotatable bonds is 17. The molecule has 14 nitrogen and oxygen atoms in total. The third kappa shape index (κ3) is 10.5. The fourth-order valence-corrected chi connectivity index (χ4v) is 8.64. The van der Waals surface area contributed by atoms with Crippen LogP contribution in [0.1, 0.15) is 63.4 Å². The molecule has 15 heteroatoms. The largest absolute Gasteiger partial charge is 0.476 e. The molecule has 2 unspecified atom stereocenters. The molecule has 2 aromatic heterocycles. The van der Waals surface area contributed by atoms with Crippen LogP contribution in [-0.4, -0.2) is 119 Å². The van der Waals surface area contributed by atoms with E-state index in [1.54, 1.807) is 40.3 Å². The van der Waals surface area contributed by atoms with Crippen LogP contribution in [0, 0.1) is 17.7 Å². The summed E-state index contributed by atoms with van der Waals surface area (Å²) in [6.07, 6.45) is 7.13. The maximum absolute atomic E-state index is 15.0. The number of aryl methyl sites for hydroxylation is 1. The Morgan fingerprint density at radius 3 is 2.44 bits per heavy atom. The van der Waals surface area contributed by atoms with Gasteiger partial charge < -0.3 is 36.2 Å². The van der Waals surface area contributed by atoms with Gasteiger partial charge in [-0.2, -0.15) is 5.10 Å². The quantitative estimate of drug-likeness (QED) is 0.0734. The molecule has 5 aromatic rings. The topological polar surface area (TPSA) is 185 Å². The number of pyridine rings is 1. The molecule has 1 saturated carbocycles. The number of hydrogen-bond donors (Lipinski definition) is 6. The molecule has 2 atom stereocenters. The minimum atomic E-state index is -1.03. The lowest BCUT2D eigenvalue weighted by Gasteiger charge is -2.35. The number of halogens is 1. The van der Waals surface area contributed by atoms with Crippen LogP contribution in [0.4, 0.5) is 10.1 Å². The minimum absolute atomic E-state index is 0.0250. The number of aromatic carboxylic acids is 1. The number of H-pyrrole nitrogens is 1. The predicted octanol–water partition coefficient (Wildman–Crippen LogP) is 4.31. The average molecular weight is 844 g/mol. The van der Waals surface area contributed by atoms with E-state index in [0.29, 0.717) is 84.7 Å². The van der Waals surface area contributed by atoms with Crippen molar-refractivity contribution >= 4 is 34.2 Å². The van der Waals surface area contributed by atoms with Crippen molar-refractivity contribution in [2.75, 3.05) is 70.8 Å². The van der Waals surface area contributed by atoms with Gasteiger partial charge in [-0.05, 0) is 105 Å². The summed E-state index contributed by atoms with van der Waals surface area (Å²) in [5.74, 6) is -1.03. The number of aromatic amines is 1. The zero-order chi connectivity index (χ0) is 43.0. The smallest absolute Gasteiger partial charge is 0.356 e. The first-order valence-electron chi connectivity index (χ1n) is 21.7. The van der Waals surface area contributed by atoms with Crippen LogP contribution in [0.25, 0.3) is 21.9 Å². The molecule has 3 aliphatic rings. The maximum Gasteiger partial charge on any atom is 0.356 e. The van der Waals surface area contributed by atoms with Gasteiger partial charge >= 0.3 is 5.97 Å².